The summed E-state index contributed by atoms with van der Waals surface area (Å²) in [5, 5.41) is 0.544. The summed E-state index contributed by atoms with van der Waals surface area (Å²) in [5.74, 6) is 0. The van der Waals surface area contributed by atoms with Crippen LogP contribution < -0.4 is 5.56 Å². The van der Waals surface area contributed by atoms with E-state index in [9.17, 15) is 4.79 Å². The monoisotopic (exact) mass is 297 g/mol. The molecular formula is C8H9ClINO. The fraction of sp³-hybridized carbons (Fsp3) is 0.375. The summed E-state index contributed by atoms with van der Waals surface area (Å²) in [5.41, 5.74) is 0.913. The summed E-state index contributed by atoms with van der Waals surface area (Å²) in [6, 6.07) is 1.81. The van der Waals surface area contributed by atoms with Gasteiger partial charge in [-0.15, -0.1) is 0 Å². The van der Waals surface area contributed by atoms with Gasteiger partial charge in [0, 0.05) is 12.2 Å². The van der Waals surface area contributed by atoms with Crippen LogP contribution in [0.3, 0.4) is 0 Å². The van der Waals surface area contributed by atoms with E-state index < -0.39 is 0 Å². The highest BCUT2D eigenvalue weighted by molar-refractivity contribution is 14.1. The van der Waals surface area contributed by atoms with E-state index >= 15 is 0 Å². The van der Waals surface area contributed by atoms with Crippen LogP contribution in [0.25, 0.3) is 0 Å². The van der Waals surface area contributed by atoms with Gasteiger partial charge in [-0.25, -0.2) is 0 Å². The van der Waals surface area contributed by atoms with Crippen molar-refractivity contribution in [3.8, 4) is 0 Å². The molecule has 0 N–H and O–H groups in total. The minimum absolute atomic E-state index is 0.00287. The highest BCUT2D eigenvalue weighted by Crippen LogP contribution is 2.15. The fourth-order valence-corrected chi connectivity index (χ4v) is 1.78. The molecule has 0 amide bonds. The molecule has 1 aromatic heterocycles. The Labute approximate surface area is 89.7 Å². The van der Waals surface area contributed by atoms with Gasteiger partial charge in [-0.05, 0) is 42.5 Å². The van der Waals surface area contributed by atoms with Crippen molar-refractivity contribution < 1.29 is 0 Å². The Hall–Kier alpha value is -0.0300. The van der Waals surface area contributed by atoms with Gasteiger partial charge in [0.05, 0.1) is 8.59 Å². The van der Waals surface area contributed by atoms with Gasteiger partial charge in [-0.1, -0.05) is 11.6 Å². The van der Waals surface area contributed by atoms with Crippen LogP contribution in [-0.2, 0) is 6.54 Å². The van der Waals surface area contributed by atoms with Gasteiger partial charge in [0.25, 0.3) is 5.56 Å². The summed E-state index contributed by atoms with van der Waals surface area (Å²) in [4.78, 5) is 11.5. The standard InChI is InChI=1S/C8H9ClINO/c1-3-11-5(2)4-6(9)7(10)8(11)12/h4H,3H2,1-2H3. The quantitative estimate of drug-likeness (QED) is 0.730. The number of rotatable bonds is 1. The van der Waals surface area contributed by atoms with E-state index in [1.54, 1.807) is 4.57 Å². The molecule has 0 aliphatic carbocycles. The first-order chi connectivity index (χ1) is 5.57. The molecule has 0 aromatic carbocycles. The zero-order valence-corrected chi connectivity index (χ0v) is 9.81. The van der Waals surface area contributed by atoms with Crippen molar-refractivity contribution >= 4 is 34.2 Å². The second-order valence-corrected chi connectivity index (χ2v) is 3.98. The van der Waals surface area contributed by atoms with E-state index in [0.717, 1.165) is 5.69 Å². The molecule has 0 aliphatic heterocycles. The maximum atomic E-state index is 11.5. The SMILES string of the molecule is CCn1c(C)cc(Cl)c(I)c1=O. The summed E-state index contributed by atoms with van der Waals surface area (Å²) in [6.45, 7) is 4.52. The molecule has 2 nitrogen and oxygen atoms in total. The van der Waals surface area contributed by atoms with E-state index in [2.05, 4.69) is 0 Å². The minimum atomic E-state index is 0.00287. The van der Waals surface area contributed by atoms with Gasteiger partial charge >= 0.3 is 0 Å². The predicted octanol–water partition coefficient (Wildman–Crippen LogP) is 2.43. The summed E-state index contributed by atoms with van der Waals surface area (Å²) in [7, 11) is 0. The first-order valence-corrected chi connectivity index (χ1v) is 5.09. The molecule has 0 atom stereocenters. The lowest BCUT2D eigenvalue weighted by Gasteiger charge is -2.07. The molecule has 66 valence electrons. The first kappa shape index (κ1) is 10.1. The molecule has 0 unspecified atom stereocenters. The largest absolute Gasteiger partial charge is 0.312 e. The molecule has 12 heavy (non-hydrogen) atoms. The minimum Gasteiger partial charge on any atom is -0.312 e. The van der Waals surface area contributed by atoms with Gasteiger partial charge in [0.1, 0.15) is 0 Å². The maximum absolute atomic E-state index is 11.5. The highest BCUT2D eigenvalue weighted by atomic mass is 127. The smallest absolute Gasteiger partial charge is 0.265 e. The van der Waals surface area contributed by atoms with Crippen LogP contribution >= 0.6 is 34.2 Å². The third kappa shape index (κ3) is 1.66. The predicted molar refractivity (Wildman–Crippen MR) is 58.8 cm³/mol. The van der Waals surface area contributed by atoms with Crippen molar-refractivity contribution in [2.45, 2.75) is 20.4 Å². The van der Waals surface area contributed by atoms with E-state index in [0.29, 0.717) is 15.1 Å². The molecule has 0 bridgehead atoms. The lowest BCUT2D eigenvalue weighted by molar-refractivity contribution is 0.696. The number of aromatic nitrogens is 1. The van der Waals surface area contributed by atoms with Gasteiger partial charge in [0.15, 0.2) is 0 Å². The van der Waals surface area contributed by atoms with Crippen LogP contribution in [0.5, 0.6) is 0 Å². The number of pyridine rings is 1. The average Bonchev–Trinajstić information content (AvgIpc) is 2.01. The maximum Gasteiger partial charge on any atom is 0.265 e. The van der Waals surface area contributed by atoms with Crippen LogP contribution in [0.15, 0.2) is 10.9 Å². The summed E-state index contributed by atoms with van der Waals surface area (Å²) < 4.78 is 2.30. The number of nitrogens with zero attached hydrogens (tertiary/aromatic N) is 1. The van der Waals surface area contributed by atoms with Crippen molar-refractivity contribution in [1.29, 1.82) is 0 Å². The molecule has 0 fully saturated rings. The molecule has 0 aliphatic rings. The lowest BCUT2D eigenvalue weighted by atomic mass is 10.3. The molecule has 4 heteroatoms. The van der Waals surface area contributed by atoms with Crippen LogP contribution in [0.4, 0.5) is 0 Å². The second kappa shape index (κ2) is 3.79. The van der Waals surface area contributed by atoms with Crippen molar-refractivity contribution in [2.75, 3.05) is 0 Å². The lowest BCUT2D eigenvalue weighted by Crippen LogP contribution is -2.23. The molecule has 0 radical (unpaired) electrons. The van der Waals surface area contributed by atoms with Gasteiger partial charge in [-0.2, -0.15) is 0 Å². The number of aryl methyl sites for hydroxylation is 1. The van der Waals surface area contributed by atoms with Crippen molar-refractivity contribution in [1.82, 2.24) is 4.57 Å². The average molecular weight is 298 g/mol. The first-order valence-electron chi connectivity index (χ1n) is 3.63. The Kier molecular flexibility index (Phi) is 3.17. The third-order valence-corrected chi connectivity index (χ3v) is 3.38. The second-order valence-electron chi connectivity index (χ2n) is 2.50. The Balaban J connectivity index is 3.52. The number of hydrogen-bond acceptors (Lipinski definition) is 1. The Morgan fingerprint density at radius 2 is 2.25 bits per heavy atom. The van der Waals surface area contributed by atoms with Gasteiger partial charge in [0.2, 0.25) is 0 Å². The topological polar surface area (TPSA) is 22.0 Å². The third-order valence-electron chi connectivity index (χ3n) is 1.72. The molecule has 1 aromatic rings. The number of hydrogen-bond donors (Lipinski definition) is 0. The van der Waals surface area contributed by atoms with Gasteiger partial charge in [-0.3, -0.25) is 4.79 Å². The van der Waals surface area contributed by atoms with E-state index in [1.165, 1.54) is 0 Å². The Morgan fingerprint density at radius 1 is 1.67 bits per heavy atom. The van der Waals surface area contributed by atoms with Crippen molar-refractivity contribution in [2.24, 2.45) is 0 Å². The Bertz CT molecular complexity index is 359. The van der Waals surface area contributed by atoms with Crippen molar-refractivity contribution in [3.63, 3.8) is 0 Å². The molecular weight excluding hydrogens is 288 g/mol. The van der Waals surface area contributed by atoms with E-state index in [1.807, 2.05) is 42.5 Å². The summed E-state index contributed by atoms with van der Waals surface area (Å²) in [6.07, 6.45) is 0. The molecule has 0 saturated heterocycles. The fourth-order valence-electron chi connectivity index (χ4n) is 1.10. The normalized spacial score (nSPS) is 10.3. The highest BCUT2D eigenvalue weighted by Gasteiger charge is 2.06. The molecule has 0 spiro atoms. The Morgan fingerprint density at radius 3 is 2.75 bits per heavy atom. The number of halogens is 2. The van der Waals surface area contributed by atoms with Crippen LogP contribution in [0.2, 0.25) is 5.02 Å². The van der Waals surface area contributed by atoms with E-state index in [4.69, 9.17) is 11.6 Å². The van der Waals surface area contributed by atoms with Crippen LogP contribution in [-0.4, -0.2) is 4.57 Å². The van der Waals surface area contributed by atoms with Gasteiger partial charge < -0.3 is 4.57 Å². The van der Waals surface area contributed by atoms with E-state index in [-0.39, 0.29) is 5.56 Å². The van der Waals surface area contributed by atoms with Crippen molar-refractivity contribution in [3.05, 3.63) is 30.7 Å². The molecule has 1 heterocycles. The van der Waals surface area contributed by atoms with Crippen LogP contribution in [0, 0.1) is 10.5 Å². The summed E-state index contributed by atoms with van der Waals surface area (Å²) >= 11 is 7.80. The molecule has 1 rings (SSSR count). The zero-order chi connectivity index (χ0) is 9.30. The zero-order valence-electron chi connectivity index (χ0n) is 6.90. The van der Waals surface area contributed by atoms with Crippen LogP contribution in [0.1, 0.15) is 12.6 Å². The molecule has 0 saturated carbocycles.